The van der Waals surface area contributed by atoms with E-state index in [-0.39, 0.29) is 0 Å². The summed E-state index contributed by atoms with van der Waals surface area (Å²) in [7, 11) is 0. The summed E-state index contributed by atoms with van der Waals surface area (Å²) in [6.45, 7) is 7.60. The summed E-state index contributed by atoms with van der Waals surface area (Å²) in [5.41, 5.74) is 0. The lowest BCUT2D eigenvalue weighted by Gasteiger charge is -2.01. The minimum atomic E-state index is 1.11. The van der Waals surface area contributed by atoms with E-state index in [2.05, 4.69) is 13.5 Å². The van der Waals surface area contributed by atoms with E-state index >= 15 is 0 Å². The third-order valence-electron chi connectivity index (χ3n) is 2.91. The first kappa shape index (κ1) is 14.7. The number of hydrogen-bond donors (Lipinski definition) is 0. The average Bonchev–Trinajstić information content (AvgIpc) is 2.26. The van der Waals surface area contributed by atoms with Crippen molar-refractivity contribution < 1.29 is 0 Å². The molecule has 0 N–H and O–H groups in total. The lowest BCUT2D eigenvalue weighted by Crippen LogP contribution is -1.81. The van der Waals surface area contributed by atoms with E-state index in [9.17, 15) is 0 Å². The molecule has 89 valence electrons. The van der Waals surface area contributed by atoms with Crippen LogP contribution in [0.2, 0.25) is 0 Å². The van der Waals surface area contributed by atoms with Crippen molar-refractivity contribution in [3.05, 3.63) is 19.6 Å². The molecule has 0 unspecified atom stereocenters. The minimum absolute atomic E-state index is 1.11. The summed E-state index contributed by atoms with van der Waals surface area (Å²) in [5.74, 6) is 0. The highest BCUT2D eigenvalue weighted by Gasteiger charge is 1.91. The highest BCUT2D eigenvalue weighted by molar-refractivity contribution is 4.65. The quantitative estimate of drug-likeness (QED) is 0.286. The zero-order valence-electron chi connectivity index (χ0n) is 10.5. The molecule has 0 nitrogen and oxygen atoms in total. The van der Waals surface area contributed by atoms with Gasteiger partial charge in [-0.3, -0.25) is 0 Å². The van der Waals surface area contributed by atoms with E-state index in [1.165, 1.54) is 70.6 Å². The number of hydrogen-bond acceptors (Lipinski definition) is 0. The monoisotopic (exact) mass is 209 g/mol. The van der Waals surface area contributed by atoms with Gasteiger partial charge in [0.1, 0.15) is 0 Å². The summed E-state index contributed by atoms with van der Waals surface area (Å²) in [4.78, 5) is 0. The van der Waals surface area contributed by atoms with Gasteiger partial charge in [0.15, 0.2) is 0 Å². The first-order valence-electron chi connectivity index (χ1n) is 6.82. The van der Waals surface area contributed by atoms with Crippen molar-refractivity contribution in [2.75, 3.05) is 0 Å². The highest BCUT2D eigenvalue weighted by Crippen LogP contribution is 2.11. The van der Waals surface area contributed by atoms with Crippen LogP contribution in [0.4, 0.5) is 0 Å². The molecule has 0 saturated carbocycles. The fraction of sp³-hybridized carbons (Fsp3) is 0.800. The van der Waals surface area contributed by atoms with Gasteiger partial charge in [-0.2, -0.15) is 0 Å². The van der Waals surface area contributed by atoms with Crippen molar-refractivity contribution in [3.8, 4) is 0 Å². The van der Waals surface area contributed by atoms with Crippen LogP contribution >= 0.6 is 0 Å². The van der Waals surface area contributed by atoms with E-state index in [4.69, 9.17) is 0 Å². The van der Waals surface area contributed by atoms with Crippen molar-refractivity contribution in [2.45, 2.75) is 77.0 Å². The summed E-state index contributed by atoms with van der Waals surface area (Å²) in [6.07, 6.45) is 18.4. The van der Waals surface area contributed by atoms with Gasteiger partial charge < -0.3 is 0 Å². The van der Waals surface area contributed by atoms with Gasteiger partial charge in [0.25, 0.3) is 0 Å². The Morgan fingerprint density at radius 2 is 1.00 bits per heavy atom. The maximum absolute atomic E-state index is 3.86. The molecule has 0 aliphatic rings. The van der Waals surface area contributed by atoms with Crippen LogP contribution in [0.5, 0.6) is 0 Å². The largest absolute Gasteiger partial charge is 0.103 e. The van der Waals surface area contributed by atoms with Gasteiger partial charge in [-0.25, -0.2) is 0 Å². The maximum atomic E-state index is 3.86. The fourth-order valence-corrected chi connectivity index (χ4v) is 1.88. The van der Waals surface area contributed by atoms with Gasteiger partial charge in [-0.15, -0.1) is 6.58 Å². The Kier molecular flexibility index (Phi) is 13.5. The lowest BCUT2D eigenvalue weighted by atomic mass is 10.1. The number of unbranched alkanes of at least 4 members (excludes halogenated alkanes) is 11. The molecule has 0 fully saturated rings. The van der Waals surface area contributed by atoms with Gasteiger partial charge in [-0.1, -0.05) is 77.2 Å². The summed E-state index contributed by atoms with van der Waals surface area (Å²) >= 11 is 0. The lowest BCUT2D eigenvalue weighted by molar-refractivity contribution is 0.553. The molecule has 0 aliphatic heterocycles. The molecule has 1 radical (unpaired) electrons. The Bertz CT molecular complexity index is 115. The Labute approximate surface area is 97.2 Å². The number of allylic oxidation sites excluding steroid dienone is 1. The molecule has 0 bridgehead atoms. The van der Waals surface area contributed by atoms with E-state index in [1.807, 2.05) is 6.08 Å². The molecule has 0 aromatic heterocycles. The molecule has 0 heteroatoms. The van der Waals surface area contributed by atoms with Crippen LogP contribution in [0.1, 0.15) is 77.0 Å². The van der Waals surface area contributed by atoms with Crippen molar-refractivity contribution in [3.63, 3.8) is 0 Å². The third kappa shape index (κ3) is 13.7. The van der Waals surface area contributed by atoms with Gasteiger partial charge in [0, 0.05) is 0 Å². The van der Waals surface area contributed by atoms with Crippen molar-refractivity contribution in [2.24, 2.45) is 0 Å². The van der Waals surface area contributed by atoms with Crippen LogP contribution < -0.4 is 0 Å². The first-order chi connectivity index (χ1) is 7.41. The van der Waals surface area contributed by atoms with Gasteiger partial charge >= 0.3 is 0 Å². The second-order valence-electron chi connectivity index (χ2n) is 4.47. The molecule has 0 spiro atoms. The normalized spacial score (nSPS) is 10.5. The second kappa shape index (κ2) is 13.7. The molecular weight excluding hydrogens is 180 g/mol. The van der Waals surface area contributed by atoms with Crippen LogP contribution in [-0.4, -0.2) is 0 Å². The molecule has 0 aromatic rings. The second-order valence-corrected chi connectivity index (χ2v) is 4.47. The standard InChI is InChI=1S/C15H29/c1-3-5-7-9-11-13-15-14-12-10-8-6-4-2/h3H,1-2,4-15H2. The van der Waals surface area contributed by atoms with Crippen LogP contribution in [-0.2, 0) is 0 Å². The van der Waals surface area contributed by atoms with E-state index in [0.717, 1.165) is 6.42 Å². The zero-order valence-corrected chi connectivity index (χ0v) is 10.5. The Morgan fingerprint density at radius 3 is 1.40 bits per heavy atom. The van der Waals surface area contributed by atoms with Crippen molar-refractivity contribution >= 4 is 0 Å². The molecular formula is C15H29. The summed E-state index contributed by atoms with van der Waals surface area (Å²) < 4.78 is 0. The van der Waals surface area contributed by atoms with E-state index in [1.54, 1.807) is 0 Å². The maximum Gasteiger partial charge on any atom is -0.0353 e. The Morgan fingerprint density at radius 1 is 0.600 bits per heavy atom. The van der Waals surface area contributed by atoms with Gasteiger partial charge in [0.05, 0.1) is 0 Å². The zero-order chi connectivity index (χ0) is 11.2. The third-order valence-corrected chi connectivity index (χ3v) is 2.91. The van der Waals surface area contributed by atoms with Crippen molar-refractivity contribution in [1.29, 1.82) is 0 Å². The van der Waals surface area contributed by atoms with Gasteiger partial charge in [0.2, 0.25) is 0 Å². The van der Waals surface area contributed by atoms with E-state index in [0.29, 0.717) is 0 Å². The molecule has 0 aromatic carbocycles. The predicted molar refractivity (Wildman–Crippen MR) is 71.0 cm³/mol. The molecule has 0 rings (SSSR count). The van der Waals surface area contributed by atoms with E-state index < -0.39 is 0 Å². The van der Waals surface area contributed by atoms with Gasteiger partial charge in [-0.05, 0) is 12.8 Å². The van der Waals surface area contributed by atoms with Crippen LogP contribution in [0.25, 0.3) is 0 Å². The predicted octanol–water partition coefficient (Wildman–Crippen LogP) is 5.69. The first-order valence-corrected chi connectivity index (χ1v) is 6.82. The van der Waals surface area contributed by atoms with Crippen molar-refractivity contribution in [1.82, 2.24) is 0 Å². The SMILES string of the molecule is [CH2]CCCCCCCCCCCCC=C. The molecule has 0 amide bonds. The summed E-state index contributed by atoms with van der Waals surface area (Å²) in [5, 5.41) is 0. The number of rotatable bonds is 12. The highest BCUT2D eigenvalue weighted by atomic mass is 14.0. The molecule has 0 aliphatic carbocycles. The fourth-order valence-electron chi connectivity index (χ4n) is 1.88. The Balaban J connectivity index is 2.83. The minimum Gasteiger partial charge on any atom is -0.103 e. The molecule has 15 heavy (non-hydrogen) atoms. The van der Waals surface area contributed by atoms with Crippen LogP contribution in [0.15, 0.2) is 12.7 Å². The molecule has 0 atom stereocenters. The topological polar surface area (TPSA) is 0 Å². The Hall–Kier alpha value is -0.260. The average molecular weight is 209 g/mol. The smallest absolute Gasteiger partial charge is 0.0353 e. The molecule has 0 heterocycles. The van der Waals surface area contributed by atoms with Crippen LogP contribution in [0.3, 0.4) is 0 Å². The van der Waals surface area contributed by atoms with Crippen LogP contribution in [0, 0.1) is 6.92 Å². The summed E-state index contributed by atoms with van der Waals surface area (Å²) in [6, 6.07) is 0. The molecule has 0 saturated heterocycles.